The molecule has 0 fully saturated rings. The zero-order valence-corrected chi connectivity index (χ0v) is 10.5. The summed E-state index contributed by atoms with van der Waals surface area (Å²) in [5.41, 5.74) is 5.56. The zero-order chi connectivity index (χ0) is 11.4. The van der Waals surface area contributed by atoms with Gasteiger partial charge in [-0.05, 0) is 13.3 Å². The van der Waals surface area contributed by atoms with Crippen LogP contribution >= 0.6 is 0 Å². The minimum Gasteiger partial charge on any atom is -0.328 e. The van der Waals surface area contributed by atoms with Crippen molar-refractivity contribution >= 4 is 20.6 Å². The first-order chi connectivity index (χ1) is 6.22. The Kier molecular flexibility index (Phi) is 5.85. The van der Waals surface area contributed by atoms with E-state index in [-0.39, 0.29) is 22.8 Å². The monoisotopic (exact) mass is 241 g/mol. The Labute approximate surface area is 88.6 Å². The molecule has 14 heavy (non-hydrogen) atoms. The number of nitrogens with two attached hydrogens (primary N) is 1. The summed E-state index contributed by atoms with van der Waals surface area (Å²) in [6, 6.07) is 0.00665. The maximum Gasteiger partial charge on any atom is 0.148 e. The first-order valence-corrected chi connectivity index (χ1v) is 7.97. The van der Waals surface area contributed by atoms with Gasteiger partial charge in [0.15, 0.2) is 0 Å². The van der Waals surface area contributed by atoms with Crippen LogP contribution in [-0.4, -0.2) is 41.7 Å². The highest BCUT2D eigenvalue weighted by molar-refractivity contribution is 7.92. The van der Waals surface area contributed by atoms with Crippen molar-refractivity contribution in [3.63, 3.8) is 0 Å². The van der Waals surface area contributed by atoms with E-state index in [1.54, 1.807) is 0 Å². The third kappa shape index (κ3) is 7.46. The van der Waals surface area contributed by atoms with Crippen molar-refractivity contribution in [2.45, 2.75) is 31.6 Å². The highest BCUT2D eigenvalue weighted by Gasteiger charge is 2.14. The normalized spacial score (nSPS) is 18.9. The van der Waals surface area contributed by atoms with E-state index in [1.165, 1.54) is 0 Å². The molecule has 0 aliphatic carbocycles. The summed E-state index contributed by atoms with van der Waals surface area (Å²) in [7, 11) is -4.10. The first-order valence-electron chi connectivity index (χ1n) is 4.53. The number of hydrogen-bond donors (Lipinski definition) is 1. The molecule has 0 aromatic carbocycles. The average molecular weight is 241 g/mol. The highest BCUT2D eigenvalue weighted by Crippen LogP contribution is 2.04. The molecule has 0 saturated heterocycles. The molecule has 0 heterocycles. The van der Waals surface area contributed by atoms with Crippen LogP contribution in [0.1, 0.15) is 20.3 Å². The predicted octanol–water partition coefficient (Wildman–Crippen LogP) is -0.0945. The van der Waals surface area contributed by atoms with E-state index >= 15 is 0 Å². The van der Waals surface area contributed by atoms with Crippen molar-refractivity contribution in [2.75, 3.05) is 17.8 Å². The smallest absolute Gasteiger partial charge is 0.148 e. The maximum atomic E-state index is 11.5. The lowest BCUT2D eigenvalue weighted by Crippen LogP contribution is -2.26. The van der Waals surface area contributed by atoms with Crippen molar-refractivity contribution in [1.29, 1.82) is 0 Å². The van der Waals surface area contributed by atoms with Crippen molar-refractivity contribution in [3.8, 4) is 0 Å². The van der Waals surface area contributed by atoms with Gasteiger partial charge in [-0.1, -0.05) is 6.92 Å². The van der Waals surface area contributed by atoms with Crippen LogP contribution < -0.4 is 5.73 Å². The predicted molar refractivity (Wildman–Crippen MR) is 60.4 cm³/mol. The molecule has 0 saturated carbocycles. The average Bonchev–Trinajstić information content (AvgIpc) is 1.97. The molecular weight excluding hydrogens is 222 g/mol. The van der Waals surface area contributed by atoms with Gasteiger partial charge in [0.2, 0.25) is 0 Å². The van der Waals surface area contributed by atoms with Gasteiger partial charge in [-0.15, -0.1) is 0 Å². The first kappa shape index (κ1) is 14.1. The number of sulfone groups is 1. The highest BCUT2D eigenvalue weighted by atomic mass is 32.2. The Morgan fingerprint density at radius 1 is 1.36 bits per heavy atom. The summed E-state index contributed by atoms with van der Waals surface area (Å²) in [6.45, 7) is 3.69. The third-order valence-corrected chi connectivity index (χ3v) is 4.71. The number of hydrogen-bond acceptors (Lipinski definition) is 4. The van der Waals surface area contributed by atoms with Gasteiger partial charge in [0.1, 0.15) is 9.84 Å². The summed E-state index contributed by atoms with van der Waals surface area (Å²) in [4.78, 5) is 0. The topological polar surface area (TPSA) is 77.2 Å². The van der Waals surface area contributed by atoms with E-state index in [2.05, 4.69) is 0 Å². The third-order valence-electron chi connectivity index (χ3n) is 1.81. The van der Waals surface area contributed by atoms with Crippen LogP contribution in [0, 0.1) is 0 Å². The van der Waals surface area contributed by atoms with Crippen LogP contribution in [0.2, 0.25) is 0 Å². The molecule has 4 nitrogen and oxygen atoms in total. The lowest BCUT2D eigenvalue weighted by Gasteiger charge is -2.13. The molecule has 2 N–H and O–H groups in total. The van der Waals surface area contributed by atoms with Crippen molar-refractivity contribution in [1.82, 2.24) is 0 Å². The van der Waals surface area contributed by atoms with Crippen molar-refractivity contribution < 1.29 is 12.6 Å². The summed E-state index contributed by atoms with van der Waals surface area (Å²) >= 11 is 0. The molecule has 86 valence electrons. The van der Waals surface area contributed by atoms with E-state index in [0.717, 1.165) is 6.26 Å². The van der Waals surface area contributed by atoms with Crippen LogP contribution in [0.15, 0.2) is 0 Å². The van der Waals surface area contributed by atoms with Gasteiger partial charge >= 0.3 is 0 Å². The summed E-state index contributed by atoms with van der Waals surface area (Å²) in [5.74, 6) is 0.204. The second-order valence-corrected chi connectivity index (χ2v) is 7.97. The Morgan fingerprint density at radius 2 is 1.86 bits per heavy atom. The molecule has 0 aliphatic rings. The minimum absolute atomic E-state index is 0.00665. The van der Waals surface area contributed by atoms with Crippen LogP contribution in [0.5, 0.6) is 0 Å². The van der Waals surface area contributed by atoms with Crippen LogP contribution in [0.4, 0.5) is 0 Å². The quantitative estimate of drug-likeness (QED) is 0.705. The van der Waals surface area contributed by atoms with Crippen LogP contribution in [-0.2, 0) is 20.6 Å². The molecule has 0 aromatic rings. The van der Waals surface area contributed by atoms with Gasteiger partial charge in [-0.2, -0.15) is 0 Å². The second kappa shape index (κ2) is 5.82. The Morgan fingerprint density at radius 3 is 2.21 bits per heavy atom. The van der Waals surface area contributed by atoms with Crippen molar-refractivity contribution in [2.24, 2.45) is 5.73 Å². The maximum absolute atomic E-state index is 11.5. The van der Waals surface area contributed by atoms with E-state index < -0.39 is 20.6 Å². The summed E-state index contributed by atoms with van der Waals surface area (Å²) < 4.78 is 33.2. The zero-order valence-electron chi connectivity index (χ0n) is 8.89. The lowest BCUT2D eigenvalue weighted by molar-refractivity contribution is 0.602. The fourth-order valence-corrected chi connectivity index (χ4v) is 3.85. The molecule has 0 amide bonds. The molecule has 0 rings (SSSR count). The van der Waals surface area contributed by atoms with Gasteiger partial charge < -0.3 is 5.73 Å². The van der Waals surface area contributed by atoms with Gasteiger partial charge in [0.25, 0.3) is 0 Å². The van der Waals surface area contributed by atoms with Gasteiger partial charge in [0.05, 0.1) is 5.75 Å². The summed E-state index contributed by atoms with van der Waals surface area (Å²) in [5, 5.41) is -0.0308. The van der Waals surface area contributed by atoms with E-state index in [1.807, 2.05) is 13.8 Å². The molecule has 3 atom stereocenters. The molecule has 3 unspecified atom stereocenters. The fourth-order valence-electron chi connectivity index (χ4n) is 1.07. The molecular formula is C8H19NO3S2. The Bertz CT molecular complexity index is 285. The van der Waals surface area contributed by atoms with Gasteiger partial charge in [-0.25, -0.2) is 8.42 Å². The van der Waals surface area contributed by atoms with E-state index in [9.17, 15) is 12.6 Å². The fraction of sp³-hybridized carbons (Fsp3) is 1.00. The SMILES string of the molecule is CC(N)CC(C)S(=O)CCS(C)(=O)=O. The van der Waals surface area contributed by atoms with Gasteiger partial charge in [-0.3, -0.25) is 4.21 Å². The molecule has 0 aromatic heterocycles. The molecule has 0 spiro atoms. The molecule has 6 heteroatoms. The molecule has 0 radical (unpaired) electrons. The van der Waals surface area contributed by atoms with E-state index in [0.29, 0.717) is 6.42 Å². The van der Waals surface area contributed by atoms with Crippen LogP contribution in [0.3, 0.4) is 0 Å². The lowest BCUT2D eigenvalue weighted by atomic mass is 10.2. The standard InChI is InChI=1S/C8H19NO3S2/c1-7(9)6-8(2)13(10)4-5-14(3,11)12/h7-8H,4-6,9H2,1-3H3. The molecule has 0 bridgehead atoms. The van der Waals surface area contributed by atoms with E-state index in [4.69, 9.17) is 5.73 Å². The molecule has 0 aliphatic heterocycles. The number of rotatable bonds is 6. The minimum atomic E-state index is -3.01. The Hall–Kier alpha value is 0.0600. The largest absolute Gasteiger partial charge is 0.328 e. The van der Waals surface area contributed by atoms with Crippen molar-refractivity contribution in [3.05, 3.63) is 0 Å². The van der Waals surface area contributed by atoms with Crippen LogP contribution in [0.25, 0.3) is 0 Å². The van der Waals surface area contributed by atoms with Gasteiger partial charge in [0, 0.05) is 34.1 Å². The second-order valence-electron chi connectivity index (χ2n) is 3.74. The summed E-state index contributed by atoms with van der Waals surface area (Å²) in [6.07, 6.45) is 1.82. The Balaban J connectivity index is 3.97.